The lowest BCUT2D eigenvalue weighted by molar-refractivity contribution is 0.0145. The predicted molar refractivity (Wildman–Crippen MR) is 81.6 cm³/mol. The van der Waals surface area contributed by atoms with Crippen molar-refractivity contribution in [2.45, 2.75) is 32.8 Å². The molecular weight excluding hydrogens is 254 g/mol. The zero-order valence-corrected chi connectivity index (χ0v) is 13.2. The van der Waals surface area contributed by atoms with E-state index in [2.05, 4.69) is 5.32 Å². The summed E-state index contributed by atoms with van der Waals surface area (Å²) in [5, 5.41) is 13.4. The van der Waals surface area contributed by atoms with Crippen molar-refractivity contribution < 1.29 is 14.6 Å². The fourth-order valence-corrected chi connectivity index (χ4v) is 1.81. The van der Waals surface area contributed by atoms with E-state index >= 15 is 0 Å². The zero-order chi connectivity index (χ0) is 15.2. The molecule has 4 heteroatoms. The molecule has 0 saturated carbocycles. The summed E-state index contributed by atoms with van der Waals surface area (Å²) in [5.74, 6) is 1.72. The number of hydrogen-bond acceptors (Lipinski definition) is 4. The van der Waals surface area contributed by atoms with Gasteiger partial charge in [-0.25, -0.2) is 0 Å². The Morgan fingerprint density at radius 2 is 1.85 bits per heavy atom. The number of methoxy groups -OCH3 is 2. The van der Waals surface area contributed by atoms with Crippen molar-refractivity contribution in [3.8, 4) is 11.5 Å². The number of aliphatic hydroxyl groups is 1. The SMILES string of the molecule is COc1ccc(CCNCC(C)(O)C(C)C)cc1OC. The largest absolute Gasteiger partial charge is 0.493 e. The minimum absolute atomic E-state index is 0.232. The second kappa shape index (κ2) is 7.50. The fraction of sp³-hybridized carbons (Fsp3) is 0.625. The number of nitrogens with one attached hydrogen (secondary N) is 1. The van der Waals surface area contributed by atoms with Gasteiger partial charge in [0.05, 0.1) is 19.8 Å². The smallest absolute Gasteiger partial charge is 0.160 e. The highest BCUT2D eigenvalue weighted by molar-refractivity contribution is 5.42. The van der Waals surface area contributed by atoms with Crippen LogP contribution < -0.4 is 14.8 Å². The van der Waals surface area contributed by atoms with Crippen molar-refractivity contribution in [3.05, 3.63) is 23.8 Å². The Balaban J connectivity index is 2.47. The normalized spacial score (nSPS) is 14.2. The van der Waals surface area contributed by atoms with Gasteiger partial charge in [0, 0.05) is 6.54 Å². The van der Waals surface area contributed by atoms with Crippen LogP contribution in [0.25, 0.3) is 0 Å². The minimum Gasteiger partial charge on any atom is -0.493 e. The highest BCUT2D eigenvalue weighted by Crippen LogP contribution is 2.27. The summed E-state index contributed by atoms with van der Waals surface area (Å²) in [6.07, 6.45) is 0.883. The molecule has 1 aromatic carbocycles. The van der Waals surface area contributed by atoms with E-state index in [9.17, 15) is 5.11 Å². The minimum atomic E-state index is -0.669. The lowest BCUT2D eigenvalue weighted by atomic mass is 9.92. The zero-order valence-electron chi connectivity index (χ0n) is 13.2. The topological polar surface area (TPSA) is 50.7 Å². The number of ether oxygens (including phenoxy) is 2. The van der Waals surface area contributed by atoms with E-state index in [1.54, 1.807) is 14.2 Å². The second-order valence-electron chi connectivity index (χ2n) is 5.63. The summed E-state index contributed by atoms with van der Waals surface area (Å²) in [4.78, 5) is 0. The quantitative estimate of drug-likeness (QED) is 0.718. The van der Waals surface area contributed by atoms with Gasteiger partial charge >= 0.3 is 0 Å². The van der Waals surface area contributed by atoms with Crippen LogP contribution in [-0.2, 0) is 6.42 Å². The average Bonchev–Trinajstić information content (AvgIpc) is 2.43. The Hall–Kier alpha value is -1.26. The first kappa shape index (κ1) is 16.8. The van der Waals surface area contributed by atoms with Gasteiger partial charge in [-0.2, -0.15) is 0 Å². The average molecular weight is 281 g/mol. The molecule has 0 heterocycles. The molecule has 0 aliphatic heterocycles. The molecule has 0 amide bonds. The summed E-state index contributed by atoms with van der Waals surface area (Å²) in [5.41, 5.74) is 0.511. The lowest BCUT2D eigenvalue weighted by Gasteiger charge is -2.28. The van der Waals surface area contributed by atoms with Crippen LogP contribution in [0.2, 0.25) is 0 Å². The Morgan fingerprint density at radius 3 is 2.40 bits per heavy atom. The Kier molecular flexibility index (Phi) is 6.30. The van der Waals surface area contributed by atoms with Gasteiger partial charge in [-0.05, 0) is 43.5 Å². The van der Waals surface area contributed by atoms with E-state index in [0.29, 0.717) is 6.54 Å². The number of rotatable bonds is 8. The van der Waals surface area contributed by atoms with Gasteiger partial charge in [-0.15, -0.1) is 0 Å². The molecule has 1 atom stereocenters. The van der Waals surface area contributed by atoms with E-state index in [1.807, 2.05) is 39.0 Å². The molecule has 0 fully saturated rings. The van der Waals surface area contributed by atoms with Gasteiger partial charge in [0.2, 0.25) is 0 Å². The van der Waals surface area contributed by atoms with Crippen molar-refractivity contribution in [2.75, 3.05) is 27.3 Å². The maximum Gasteiger partial charge on any atom is 0.160 e. The van der Waals surface area contributed by atoms with Crippen molar-refractivity contribution in [1.82, 2.24) is 5.32 Å². The molecule has 1 unspecified atom stereocenters. The van der Waals surface area contributed by atoms with Crippen LogP contribution in [0.4, 0.5) is 0 Å². The van der Waals surface area contributed by atoms with E-state index in [4.69, 9.17) is 9.47 Å². The molecular formula is C16H27NO3. The summed E-state index contributed by atoms with van der Waals surface area (Å²) < 4.78 is 10.5. The van der Waals surface area contributed by atoms with Gasteiger partial charge in [0.1, 0.15) is 0 Å². The van der Waals surface area contributed by atoms with Crippen molar-refractivity contribution in [3.63, 3.8) is 0 Å². The molecule has 0 aliphatic carbocycles. The molecule has 4 nitrogen and oxygen atoms in total. The highest BCUT2D eigenvalue weighted by atomic mass is 16.5. The molecule has 0 saturated heterocycles. The van der Waals surface area contributed by atoms with Crippen LogP contribution in [0.15, 0.2) is 18.2 Å². The molecule has 0 aromatic heterocycles. The summed E-state index contributed by atoms with van der Waals surface area (Å²) in [7, 11) is 3.27. The van der Waals surface area contributed by atoms with Crippen LogP contribution >= 0.6 is 0 Å². The van der Waals surface area contributed by atoms with Crippen LogP contribution in [0, 0.1) is 5.92 Å². The first-order chi connectivity index (χ1) is 9.40. The fourth-order valence-electron chi connectivity index (χ4n) is 1.81. The second-order valence-corrected chi connectivity index (χ2v) is 5.63. The maximum absolute atomic E-state index is 10.1. The highest BCUT2D eigenvalue weighted by Gasteiger charge is 2.23. The summed E-state index contributed by atoms with van der Waals surface area (Å²) in [6.45, 7) is 7.32. The molecule has 0 radical (unpaired) electrons. The standard InChI is InChI=1S/C16H27NO3/c1-12(2)16(3,18)11-17-9-8-13-6-7-14(19-4)15(10-13)20-5/h6-7,10,12,17-18H,8-9,11H2,1-5H3. The maximum atomic E-state index is 10.1. The lowest BCUT2D eigenvalue weighted by Crippen LogP contribution is -2.42. The predicted octanol–water partition coefficient (Wildman–Crippen LogP) is 2.24. The Bertz CT molecular complexity index is 416. The van der Waals surface area contributed by atoms with Crippen LogP contribution in [-0.4, -0.2) is 38.0 Å². The molecule has 114 valence electrons. The van der Waals surface area contributed by atoms with Crippen LogP contribution in [0.5, 0.6) is 11.5 Å². The van der Waals surface area contributed by atoms with E-state index in [1.165, 1.54) is 5.56 Å². The number of benzene rings is 1. The number of hydrogen-bond donors (Lipinski definition) is 2. The molecule has 2 N–H and O–H groups in total. The Labute approximate surface area is 122 Å². The molecule has 1 aromatic rings. The molecule has 0 bridgehead atoms. The van der Waals surface area contributed by atoms with Crippen molar-refractivity contribution in [1.29, 1.82) is 0 Å². The van der Waals surface area contributed by atoms with Gasteiger partial charge in [0.25, 0.3) is 0 Å². The van der Waals surface area contributed by atoms with E-state index < -0.39 is 5.60 Å². The monoisotopic (exact) mass is 281 g/mol. The van der Waals surface area contributed by atoms with E-state index in [0.717, 1.165) is 24.5 Å². The third-order valence-electron chi connectivity index (χ3n) is 3.77. The molecule has 0 spiro atoms. The third kappa shape index (κ3) is 4.69. The Morgan fingerprint density at radius 1 is 1.20 bits per heavy atom. The van der Waals surface area contributed by atoms with Gasteiger partial charge in [-0.3, -0.25) is 0 Å². The third-order valence-corrected chi connectivity index (χ3v) is 3.77. The van der Waals surface area contributed by atoms with Crippen molar-refractivity contribution >= 4 is 0 Å². The molecule has 20 heavy (non-hydrogen) atoms. The summed E-state index contributed by atoms with van der Waals surface area (Å²) >= 11 is 0. The summed E-state index contributed by atoms with van der Waals surface area (Å²) in [6, 6.07) is 5.93. The van der Waals surface area contributed by atoms with Gasteiger partial charge in [-0.1, -0.05) is 19.9 Å². The molecule has 0 aliphatic rings. The first-order valence-electron chi connectivity index (χ1n) is 7.04. The molecule has 1 rings (SSSR count). The van der Waals surface area contributed by atoms with Crippen LogP contribution in [0.3, 0.4) is 0 Å². The van der Waals surface area contributed by atoms with Crippen molar-refractivity contribution in [2.24, 2.45) is 5.92 Å². The first-order valence-corrected chi connectivity index (χ1v) is 7.04. The van der Waals surface area contributed by atoms with E-state index in [-0.39, 0.29) is 5.92 Å². The van der Waals surface area contributed by atoms with Gasteiger partial charge in [0.15, 0.2) is 11.5 Å². The van der Waals surface area contributed by atoms with Crippen LogP contribution in [0.1, 0.15) is 26.3 Å². The van der Waals surface area contributed by atoms with Gasteiger partial charge < -0.3 is 19.9 Å².